The van der Waals surface area contributed by atoms with Crippen molar-refractivity contribution in [2.75, 3.05) is 13.2 Å². The van der Waals surface area contributed by atoms with Crippen molar-refractivity contribution >= 4 is 0 Å². The molecule has 2 aliphatic rings. The van der Waals surface area contributed by atoms with Crippen LogP contribution in [-0.4, -0.2) is 19.2 Å². The molecule has 0 amide bonds. The van der Waals surface area contributed by atoms with Gasteiger partial charge in [-0.05, 0) is 74.2 Å². The van der Waals surface area contributed by atoms with E-state index in [0.717, 1.165) is 42.2 Å². The Kier molecular flexibility index (Phi) is 4.33. The zero-order valence-electron chi connectivity index (χ0n) is 14.2. The van der Waals surface area contributed by atoms with Gasteiger partial charge in [-0.2, -0.15) is 5.26 Å². The van der Waals surface area contributed by atoms with Crippen molar-refractivity contribution in [3.8, 4) is 23.3 Å². The monoisotopic (exact) mass is 334 g/mol. The number of nitrogens with one attached hydrogen (secondary N) is 1. The van der Waals surface area contributed by atoms with Crippen LogP contribution in [0.2, 0.25) is 0 Å². The lowest BCUT2D eigenvalue weighted by atomic mass is 9.98. The Morgan fingerprint density at radius 1 is 1.00 bits per heavy atom. The van der Waals surface area contributed by atoms with Gasteiger partial charge in [0.15, 0.2) is 0 Å². The van der Waals surface area contributed by atoms with Gasteiger partial charge in [-0.15, -0.1) is 0 Å². The van der Waals surface area contributed by atoms with E-state index in [1.54, 1.807) is 0 Å². The van der Waals surface area contributed by atoms with E-state index in [-0.39, 0.29) is 5.41 Å². The number of hydrogen-bond acceptors (Lipinski definition) is 4. The summed E-state index contributed by atoms with van der Waals surface area (Å²) in [5.41, 5.74) is 0.845. The van der Waals surface area contributed by atoms with Gasteiger partial charge in [0.2, 0.25) is 0 Å². The van der Waals surface area contributed by atoms with Crippen LogP contribution in [0, 0.1) is 11.3 Å². The maximum atomic E-state index is 9.26. The van der Waals surface area contributed by atoms with Crippen LogP contribution in [0.25, 0.3) is 0 Å². The van der Waals surface area contributed by atoms with E-state index in [1.807, 2.05) is 48.5 Å². The summed E-state index contributed by atoms with van der Waals surface area (Å²) in [5.74, 6) is 2.42. The Labute approximate surface area is 148 Å². The van der Waals surface area contributed by atoms with Gasteiger partial charge in [-0.1, -0.05) is 12.1 Å². The summed E-state index contributed by atoms with van der Waals surface area (Å²) in [6, 6.07) is 18.5. The molecule has 2 aromatic rings. The quantitative estimate of drug-likeness (QED) is 0.861. The minimum Gasteiger partial charge on any atom is -0.492 e. The van der Waals surface area contributed by atoms with E-state index in [9.17, 15) is 5.26 Å². The summed E-state index contributed by atoms with van der Waals surface area (Å²) in [5, 5.41) is 12.7. The standard InChI is InChI=1S/C21H22N2O2/c22-15-21(11-12-21)16-3-5-19(6-4-16)25-20-9-7-18(8-10-20)24-14-17-2-1-13-23-17/h3-10,17,23H,1-2,11-14H2. The lowest BCUT2D eigenvalue weighted by molar-refractivity contribution is 0.277. The molecular formula is C21H22N2O2. The van der Waals surface area contributed by atoms with Crippen LogP contribution < -0.4 is 14.8 Å². The van der Waals surface area contributed by atoms with E-state index < -0.39 is 0 Å². The molecule has 0 radical (unpaired) electrons. The summed E-state index contributed by atoms with van der Waals surface area (Å²) in [4.78, 5) is 0. The van der Waals surface area contributed by atoms with Crippen molar-refractivity contribution < 1.29 is 9.47 Å². The Bertz CT molecular complexity index is 752. The van der Waals surface area contributed by atoms with E-state index >= 15 is 0 Å². The van der Waals surface area contributed by atoms with Gasteiger partial charge >= 0.3 is 0 Å². The molecule has 0 bridgehead atoms. The summed E-state index contributed by atoms with van der Waals surface area (Å²) in [6.07, 6.45) is 4.34. The molecule has 128 valence electrons. The smallest absolute Gasteiger partial charge is 0.127 e. The Morgan fingerprint density at radius 2 is 1.64 bits per heavy atom. The highest BCUT2D eigenvalue weighted by Gasteiger charge is 2.44. The normalized spacial score (nSPS) is 20.7. The molecule has 4 nitrogen and oxygen atoms in total. The van der Waals surface area contributed by atoms with Gasteiger partial charge < -0.3 is 14.8 Å². The maximum absolute atomic E-state index is 9.26. The molecule has 1 aliphatic carbocycles. The third-order valence-corrected chi connectivity index (χ3v) is 5.04. The molecule has 4 heteroatoms. The summed E-state index contributed by atoms with van der Waals surface area (Å²) in [7, 11) is 0. The van der Waals surface area contributed by atoms with Gasteiger partial charge in [0.05, 0.1) is 11.5 Å². The fraction of sp³-hybridized carbons (Fsp3) is 0.381. The second-order valence-corrected chi connectivity index (χ2v) is 6.90. The van der Waals surface area contributed by atoms with E-state index in [2.05, 4.69) is 11.4 Å². The third kappa shape index (κ3) is 3.62. The Balaban J connectivity index is 1.34. The predicted molar refractivity (Wildman–Crippen MR) is 96.0 cm³/mol. The maximum Gasteiger partial charge on any atom is 0.127 e. The fourth-order valence-electron chi connectivity index (χ4n) is 3.27. The van der Waals surface area contributed by atoms with Crippen molar-refractivity contribution in [1.29, 1.82) is 5.26 Å². The zero-order valence-corrected chi connectivity index (χ0v) is 14.2. The van der Waals surface area contributed by atoms with Gasteiger partial charge in [0, 0.05) is 6.04 Å². The van der Waals surface area contributed by atoms with Gasteiger partial charge in [0.1, 0.15) is 23.9 Å². The van der Waals surface area contributed by atoms with Crippen molar-refractivity contribution in [2.45, 2.75) is 37.1 Å². The molecule has 4 rings (SSSR count). The van der Waals surface area contributed by atoms with Crippen LogP contribution >= 0.6 is 0 Å². The van der Waals surface area contributed by atoms with Crippen LogP contribution in [-0.2, 0) is 5.41 Å². The molecule has 1 atom stereocenters. The summed E-state index contributed by atoms with van der Waals surface area (Å²) >= 11 is 0. The topological polar surface area (TPSA) is 54.3 Å². The Hall–Kier alpha value is -2.51. The summed E-state index contributed by atoms with van der Waals surface area (Å²) < 4.78 is 11.7. The van der Waals surface area contributed by atoms with Gasteiger partial charge in [-0.25, -0.2) is 0 Å². The zero-order chi connectivity index (χ0) is 17.1. The molecule has 0 spiro atoms. The first kappa shape index (κ1) is 16.0. The number of rotatable bonds is 6. The molecule has 1 saturated carbocycles. The second-order valence-electron chi connectivity index (χ2n) is 6.90. The average molecular weight is 334 g/mol. The van der Waals surface area contributed by atoms with Gasteiger partial charge in [-0.3, -0.25) is 0 Å². The van der Waals surface area contributed by atoms with Crippen LogP contribution in [0.1, 0.15) is 31.2 Å². The fourth-order valence-corrected chi connectivity index (χ4v) is 3.27. The number of nitriles is 1. The average Bonchev–Trinajstić information content (AvgIpc) is 3.29. The van der Waals surface area contributed by atoms with Crippen molar-refractivity contribution in [3.05, 3.63) is 54.1 Å². The van der Waals surface area contributed by atoms with Crippen molar-refractivity contribution in [3.63, 3.8) is 0 Å². The molecule has 1 unspecified atom stereocenters. The lowest BCUT2D eigenvalue weighted by Gasteiger charge is -2.13. The highest BCUT2D eigenvalue weighted by molar-refractivity contribution is 5.42. The first-order valence-corrected chi connectivity index (χ1v) is 8.93. The van der Waals surface area contributed by atoms with E-state index in [4.69, 9.17) is 9.47 Å². The highest BCUT2D eigenvalue weighted by atomic mass is 16.5. The molecular weight excluding hydrogens is 312 g/mol. The third-order valence-electron chi connectivity index (χ3n) is 5.04. The van der Waals surface area contributed by atoms with Crippen LogP contribution in [0.15, 0.2) is 48.5 Å². The number of ether oxygens (including phenoxy) is 2. The van der Waals surface area contributed by atoms with Gasteiger partial charge in [0.25, 0.3) is 0 Å². The lowest BCUT2D eigenvalue weighted by Crippen LogP contribution is -2.28. The second kappa shape index (κ2) is 6.78. The number of nitrogens with zero attached hydrogens (tertiary/aromatic N) is 1. The largest absolute Gasteiger partial charge is 0.492 e. The van der Waals surface area contributed by atoms with E-state index in [1.165, 1.54) is 12.8 Å². The first-order valence-electron chi connectivity index (χ1n) is 8.93. The molecule has 2 aromatic carbocycles. The molecule has 1 heterocycles. The Morgan fingerprint density at radius 3 is 2.20 bits per heavy atom. The summed E-state index contributed by atoms with van der Waals surface area (Å²) in [6.45, 7) is 1.80. The molecule has 2 fully saturated rings. The van der Waals surface area contributed by atoms with Crippen LogP contribution in [0.3, 0.4) is 0 Å². The minimum absolute atomic E-state index is 0.244. The molecule has 0 aromatic heterocycles. The molecule has 1 N–H and O–H groups in total. The van der Waals surface area contributed by atoms with E-state index in [0.29, 0.717) is 12.6 Å². The van der Waals surface area contributed by atoms with Crippen molar-refractivity contribution in [2.24, 2.45) is 0 Å². The molecule has 1 saturated heterocycles. The highest BCUT2D eigenvalue weighted by Crippen LogP contribution is 2.47. The predicted octanol–water partition coefficient (Wildman–Crippen LogP) is 4.16. The SMILES string of the molecule is N#CC1(c2ccc(Oc3ccc(OCC4CCCN4)cc3)cc2)CC1. The number of hydrogen-bond donors (Lipinski definition) is 1. The molecule has 1 aliphatic heterocycles. The van der Waals surface area contributed by atoms with Crippen LogP contribution in [0.5, 0.6) is 17.2 Å². The minimum atomic E-state index is -0.244. The van der Waals surface area contributed by atoms with Crippen LogP contribution in [0.4, 0.5) is 0 Å². The van der Waals surface area contributed by atoms with Crippen molar-refractivity contribution in [1.82, 2.24) is 5.32 Å². The number of benzene rings is 2. The first-order chi connectivity index (χ1) is 12.3. The molecule has 25 heavy (non-hydrogen) atoms.